The van der Waals surface area contributed by atoms with Crippen molar-refractivity contribution < 1.29 is 14.3 Å². The second-order valence-corrected chi connectivity index (χ2v) is 14.6. The highest BCUT2D eigenvalue weighted by molar-refractivity contribution is 6.10. The maximum Gasteiger partial charge on any atom is 0.323 e. The van der Waals surface area contributed by atoms with Crippen LogP contribution in [-0.4, -0.2) is 62.4 Å². The van der Waals surface area contributed by atoms with E-state index in [1.807, 2.05) is 59.6 Å². The molecular weight excluding hydrogens is 656 g/mol. The first kappa shape index (κ1) is 35.2. The fourth-order valence-corrected chi connectivity index (χ4v) is 7.12. The predicted molar refractivity (Wildman–Crippen MR) is 208 cm³/mol. The fourth-order valence-electron chi connectivity index (χ4n) is 7.12. The number of morpholine rings is 1. The zero-order chi connectivity index (χ0) is 36.4. The van der Waals surface area contributed by atoms with Crippen molar-refractivity contribution >= 4 is 45.2 Å². The number of nitrogens with one attached hydrogen (secondary N) is 3. The summed E-state index contributed by atoms with van der Waals surface area (Å²) in [5, 5.41) is 11.2. The molecule has 2 amide bonds. The van der Waals surface area contributed by atoms with E-state index in [1.54, 1.807) is 0 Å². The van der Waals surface area contributed by atoms with E-state index in [4.69, 9.17) is 14.5 Å². The Hall–Kier alpha value is -5.26. The highest BCUT2D eigenvalue weighted by atomic mass is 16.5. The van der Waals surface area contributed by atoms with Gasteiger partial charge in [0.15, 0.2) is 5.75 Å². The van der Waals surface area contributed by atoms with Gasteiger partial charge in [0, 0.05) is 49.9 Å². The van der Waals surface area contributed by atoms with E-state index in [9.17, 15) is 14.4 Å². The van der Waals surface area contributed by atoms with Crippen LogP contribution >= 0.6 is 0 Å². The molecule has 7 rings (SSSR count). The predicted octanol–water partition coefficient (Wildman–Crippen LogP) is 7.01. The number of ether oxygens (including phenoxy) is 2. The van der Waals surface area contributed by atoms with Crippen LogP contribution in [0.1, 0.15) is 51.3 Å². The molecule has 0 bridgehead atoms. The monoisotopic (exact) mass is 702 g/mol. The van der Waals surface area contributed by atoms with Crippen molar-refractivity contribution in [3.8, 4) is 16.9 Å². The van der Waals surface area contributed by atoms with Gasteiger partial charge in [0.2, 0.25) is 0 Å². The number of piperidine rings is 1. The largest absolute Gasteiger partial charge is 0.492 e. The number of pyridine rings is 1. The van der Waals surface area contributed by atoms with E-state index < -0.39 is 16.9 Å². The van der Waals surface area contributed by atoms with Crippen LogP contribution < -0.4 is 36.4 Å². The molecule has 4 aromatic carbocycles. The quantitative estimate of drug-likeness (QED) is 0.139. The molecule has 3 N–H and O–H groups in total. The van der Waals surface area contributed by atoms with E-state index in [1.165, 1.54) is 7.11 Å². The van der Waals surface area contributed by atoms with Gasteiger partial charge in [-0.25, -0.2) is 4.79 Å². The number of benzene rings is 3. The number of hydrogen-bond donors (Lipinski definition) is 3. The van der Waals surface area contributed by atoms with Crippen molar-refractivity contribution in [1.82, 2.24) is 9.88 Å². The van der Waals surface area contributed by atoms with Crippen LogP contribution in [0.2, 0.25) is 0 Å². The molecule has 0 spiro atoms. The van der Waals surface area contributed by atoms with Crippen LogP contribution in [-0.2, 0) is 16.7 Å². The van der Waals surface area contributed by atoms with Crippen molar-refractivity contribution in [2.24, 2.45) is 0 Å². The number of hydrogen-bond acceptors (Lipinski definition) is 9. The third kappa shape index (κ3) is 7.24. The summed E-state index contributed by atoms with van der Waals surface area (Å²) < 4.78 is 11.3. The van der Waals surface area contributed by atoms with Crippen LogP contribution in [0.15, 0.2) is 76.4 Å². The molecule has 2 saturated heterocycles. The molecule has 2 aliphatic heterocycles. The van der Waals surface area contributed by atoms with Gasteiger partial charge >= 0.3 is 6.03 Å². The summed E-state index contributed by atoms with van der Waals surface area (Å²) in [6, 6.07) is 19.4. The number of nitrogens with zero attached hydrogens (tertiary/aromatic N) is 3. The summed E-state index contributed by atoms with van der Waals surface area (Å²) >= 11 is 0. The minimum Gasteiger partial charge on any atom is -0.492 e. The van der Waals surface area contributed by atoms with Gasteiger partial charge in [-0.1, -0.05) is 57.2 Å². The molecule has 0 aliphatic carbocycles. The normalized spacial score (nSPS) is 15.5. The molecule has 52 heavy (non-hydrogen) atoms. The van der Waals surface area contributed by atoms with Crippen LogP contribution in [0, 0.1) is 0 Å². The Morgan fingerprint density at radius 1 is 0.846 bits per heavy atom. The average molecular weight is 703 g/mol. The van der Waals surface area contributed by atoms with Gasteiger partial charge < -0.3 is 30.3 Å². The molecule has 1 aromatic heterocycles. The molecule has 2 aliphatic rings. The van der Waals surface area contributed by atoms with E-state index in [2.05, 4.69) is 53.8 Å². The number of anilines is 5. The van der Waals surface area contributed by atoms with Gasteiger partial charge in [-0.3, -0.25) is 19.5 Å². The van der Waals surface area contributed by atoms with Gasteiger partial charge in [0.05, 0.1) is 43.1 Å². The fraction of sp³-hybridized carbons (Fsp3) is 0.366. The maximum absolute atomic E-state index is 13.7. The number of amides is 2. The van der Waals surface area contributed by atoms with E-state index in [0.29, 0.717) is 28.5 Å². The Morgan fingerprint density at radius 2 is 1.56 bits per heavy atom. The summed E-state index contributed by atoms with van der Waals surface area (Å²) in [7, 11) is 1.52. The zero-order valence-corrected chi connectivity index (χ0v) is 30.3. The Kier molecular flexibility index (Phi) is 9.98. The lowest BCUT2D eigenvalue weighted by Gasteiger charge is -2.31. The standard InChI is InChI=1S/C41H46N6O5/c1-41(2,3)27-22-33(43-35-36(38(49)37(35)48)47-16-8-5-9-17-47)39(51-4)34(23-27)45-40(50)44-32-15-14-29(30-10-6-7-11-31(30)32)26-12-13-28(42-24-26)25-46-18-20-52-21-19-46/h6-7,10-15,22-24,43H,5,8-9,16-21,25H2,1-4H3,(H2,44,45,50). The molecule has 3 heterocycles. The van der Waals surface area contributed by atoms with Crippen LogP contribution in [0.25, 0.3) is 21.9 Å². The Labute approximate surface area is 303 Å². The van der Waals surface area contributed by atoms with Crippen molar-refractivity contribution in [3.05, 3.63) is 98.6 Å². The Morgan fingerprint density at radius 3 is 2.25 bits per heavy atom. The Balaban J connectivity index is 1.14. The van der Waals surface area contributed by atoms with Crippen molar-refractivity contribution in [3.63, 3.8) is 0 Å². The van der Waals surface area contributed by atoms with Crippen molar-refractivity contribution in [2.75, 3.05) is 67.4 Å². The lowest BCUT2D eigenvalue weighted by atomic mass is 9.86. The first-order valence-electron chi connectivity index (χ1n) is 18.0. The highest BCUT2D eigenvalue weighted by Crippen LogP contribution is 2.41. The summed E-state index contributed by atoms with van der Waals surface area (Å²) in [6.07, 6.45) is 4.97. The molecule has 11 heteroatoms. The summed E-state index contributed by atoms with van der Waals surface area (Å²) in [5.74, 6) is 0.352. The van der Waals surface area contributed by atoms with Crippen LogP contribution in [0.5, 0.6) is 5.75 Å². The summed E-state index contributed by atoms with van der Waals surface area (Å²) in [6.45, 7) is 11.8. The number of carbonyl (C=O) groups excluding carboxylic acids is 1. The first-order chi connectivity index (χ1) is 25.1. The summed E-state index contributed by atoms with van der Waals surface area (Å²) in [4.78, 5) is 48.4. The number of aromatic nitrogens is 1. The van der Waals surface area contributed by atoms with Gasteiger partial charge in [0.25, 0.3) is 10.9 Å². The van der Waals surface area contributed by atoms with Crippen LogP contribution in [0.4, 0.5) is 33.2 Å². The van der Waals surface area contributed by atoms with Crippen molar-refractivity contribution in [1.29, 1.82) is 0 Å². The zero-order valence-electron chi connectivity index (χ0n) is 30.3. The van der Waals surface area contributed by atoms with Gasteiger partial charge in [-0.15, -0.1) is 0 Å². The number of urea groups is 1. The van der Waals surface area contributed by atoms with Gasteiger partial charge in [-0.2, -0.15) is 0 Å². The third-order valence-electron chi connectivity index (χ3n) is 10.0. The number of fused-ring (bicyclic) bond motifs is 1. The minimum atomic E-state index is -0.550. The first-order valence-corrected chi connectivity index (χ1v) is 18.0. The Bertz CT molecular complexity index is 2150. The highest BCUT2D eigenvalue weighted by Gasteiger charge is 2.29. The van der Waals surface area contributed by atoms with Crippen molar-refractivity contribution in [2.45, 2.75) is 52.0 Å². The number of methoxy groups -OCH3 is 1. The molecule has 0 unspecified atom stereocenters. The smallest absolute Gasteiger partial charge is 0.323 e. The SMILES string of the molecule is COc1c(NC(=O)Nc2ccc(-c3ccc(CN4CCOCC4)nc3)c3ccccc23)cc(C(C)(C)C)cc1Nc1c(N2CCCCC2)c(=O)c1=O. The van der Waals surface area contributed by atoms with E-state index >= 15 is 0 Å². The second kappa shape index (κ2) is 14.8. The van der Waals surface area contributed by atoms with E-state index in [-0.39, 0.29) is 11.1 Å². The maximum atomic E-state index is 13.7. The third-order valence-corrected chi connectivity index (χ3v) is 10.0. The molecule has 0 saturated carbocycles. The van der Waals surface area contributed by atoms with E-state index in [0.717, 1.165) is 98.4 Å². The molecule has 0 radical (unpaired) electrons. The molecular formula is C41H46N6O5. The lowest BCUT2D eigenvalue weighted by Crippen LogP contribution is -2.44. The summed E-state index contributed by atoms with van der Waals surface area (Å²) in [5.41, 5.74) is 4.87. The van der Waals surface area contributed by atoms with Gasteiger partial charge in [-0.05, 0) is 65.5 Å². The number of carbonyl (C=O) groups is 1. The van der Waals surface area contributed by atoms with Gasteiger partial charge in [0.1, 0.15) is 11.4 Å². The second-order valence-electron chi connectivity index (χ2n) is 14.6. The molecule has 11 nitrogen and oxygen atoms in total. The molecule has 0 atom stereocenters. The molecule has 5 aromatic rings. The number of rotatable bonds is 9. The topological polar surface area (TPSA) is 125 Å². The molecule has 270 valence electrons. The average Bonchev–Trinajstić information content (AvgIpc) is 3.15. The minimum absolute atomic E-state index is 0.264. The molecule has 2 fully saturated rings. The van der Waals surface area contributed by atoms with Crippen LogP contribution in [0.3, 0.4) is 0 Å². The lowest BCUT2D eigenvalue weighted by molar-refractivity contribution is 0.0336.